The molecule has 7 heteroatoms. The molecule has 156 valence electrons. The Labute approximate surface area is 172 Å². The molecule has 2 aromatic rings. The van der Waals surface area contributed by atoms with E-state index in [1.165, 1.54) is 17.7 Å². The summed E-state index contributed by atoms with van der Waals surface area (Å²) < 4.78 is 39.8. The molecular formula is C22H27FN2O3S. The van der Waals surface area contributed by atoms with E-state index >= 15 is 0 Å². The topological polar surface area (TPSA) is 57.7 Å². The molecule has 1 heterocycles. The van der Waals surface area contributed by atoms with E-state index in [1.807, 2.05) is 18.2 Å². The third-order valence-electron chi connectivity index (χ3n) is 5.45. The zero-order valence-corrected chi connectivity index (χ0v) is 17.4. The summed E-state index contributed by atoms with van der Waals surface area (Å²) in [6.45, 7) is 2.96. The highest BCUT2D eigenvalue weighted by atomic mass is 32.2. The van der Waals surface area contributed by atoms with Gasteiger partial charge < -0.3 is 4.90 Å². The number of likely N-dealkylation sites (tertiary alicyclic amines) is 1. The number of likely N-dealkylation sites (N-methyl/N-ethyl adjacent to an activating group) is 1. The van der Waals surface area contributed by atoms with Gasteiger partial charge in [0.2, 0.25) is 15.9 Å². The lowest BCUT2D eigenvalue weighted by Crippen LogP contribution is -2.45. The predicted molar refractivity (Wildman–Crippen MR) is 110 cm³/mol. The molecule has 3 rings (SSSR count). The van der Waals surface area contributed by atoms with Crippen LogP contribution in [0.15, 0.2) is 59.5 Å². The van der Waals surface area contributed by atoms with Crippen molar-refractivity contribution in [2.75, 3.05) is 26.2 Å². The Bertz CT molecular complexity index is 909. The van der Waals surface area contributed by atoms with Crippen LogP contribution >= 0.6 is 0 Å². The van der Waals surface area contributed by atoms with Gasteiger partial charge in [0, 0.05) is 19.6 Å². The van der Waals surface area contributed by atoms with Gasteiger partial charge >= 0.3 is 0 Å². The number of amides is 1. The molecule has 0 radical (unpaired) electrons. The Balaban J connectivity index is 1.57. The fourth-order valence-corrected chi connectivity index (χ4v) is 5.11. The molecule has 1 aliphatic rings. The Hall–Kier alpha value is -2.25. The maximum absolute atomic E-state index is 13.1. The van der Waals surface area contributed by atoms with E-state index < -0.39 is 15.8 Å². The van der Waals surface area contributed by atoms with Crippen molar-refractivity contribution in [1.29, 1.82) is 0 Å². The number of carbonyl (C=O) groups is 1. The summed E-state index contributed by atoms with van der Waals surface area (Å²) in [5.41, 5.74) is 1.31. The van der Waals surface area contributed by atoms with Crippen molar-refractivity contribution in [2.24, 2.45) is 5.92 Å². The van der Waals surface area contributed by atoms with Crippen LogP contribution in [0.2, 0.25) is 0 Å². The van der Waals surface area contributed by atoms with Crippen molar-refractivity contribution in [3.05, 3.63) is 66.0 Å². The molecule has 5 nitrogen and oxygen atoms in total. The van der Waals surface area contributed by atoms with Crippen molar-refractivity contribution in [2.45, 2.75) is 31.1 Å². The molecule has 0 spiro atoms. The van der Waals surface area contributed by atoms with Gasteiger partial charge in [-0.3, -0.25) is 4.79 Å². The second-order valence-electron chi connectivity index (χ2n) is 7.40. The number of nitrogens with zero attached hydrogens (tertiary/aromatic N) is 2. The van der Waals surface area contributed by atoms with Crippen LogP contribution in [0.5, 0.6) is 0 Å². The van der Waals surface area contributed by atoms with Gasteiger partial charge in [0.05, 0.1) is 11.4 Å². The van der Waals surface area contributed by atoms with Crippen LogP contribution in [-0.4, -0.2) is 49.7 Å². The third kappa shape index (κ3) is 5.42. The Morgan fingerprint density at radius 3 is 2.28 bits per heavy atom. The maximum atomic E-state index is 13.1. The molecule has 1 aliphatic heterocycles. The van der Waals surface area contributed by atoms with Crippen LogP contribution in [0.4, 0.5) is 4.39 Å². The quantitative estimate of drug-likeness (QED) is 0.693. The first-order valence-electron chi connectivity index (χ1n) is 9.97. The largest absolute Gasteiger partial charge is 0.342 e. The van der Waals surface area contributed by atoms with E-state index in [4.69, 9.17) is 0 Å². The Morgan fingerprint density at radius 1 is 1.07 bits per heavy atom. The van der Waals surface area contributed by atoms with Gasteiger partial charge in [-0.25, -0.2) is 12.8 Å². The Kier molecular flexibility index (Phi) is 7.03. The molecule has 29 heavy (non-hydrogen) atoms. The molecule has 1 saturated heterocycles. The second-order valence-corrected chi connectivity index (χ2v) is 9.34. The lowest BCUT2D eigenvalue weighted by atomic mass is 9.90. The summed E-state index contributed by atoms with van der Waals surface area (Å²) in [5, 5.41) is 0. The van der Waals surface area contributed by atoms with Gasteiger partial charge in [-0.2, -0.15) is 4.31 Å². The minimum Gasteiger partial charge on any atom is -0.342 e. The number of piperidine rings is 1. The normalized spacial score (nSPS) is 15.6. The highest BCUT2D eigenvalue weighted by molar-refractivity contribution is 7.89. The van der Waals surface area contributed by atoms with Crippen LogP contribution in [-0.2, 0) is 21.2 Å². The van der Waals surface area contributed by atoms with Gasteiger partial charge in [0.1, 0.15) is 5.82 Å². The zero-order chi connectivity index (χ0) is 20.9. The molecule has 1 amide bonds. The van der Waals surface area contributed by atoms with E-state index in [0.717, 1.165) is 35.7 Å². The van der Waals surface area contributed by atoms with Crippen molar-refractivity contribution >= 4 is 15.9 Å². The fraction of sp³-hybridized carbons (Fsp3) is 0.409. The lowest BCUT2D eigenvalue weighted by molar-refractivity contribution is -0.132. The highest BCUT2D eigenvalue weighted by Crippen LogP contribution is 2.22. The van der Waals surface area contributed by atoms with Gasteiger partial charge in [-0.05, 0) is 55.0 Å². The molecule has 0 aromatic heterocycles. The standard InChI is InChI=1S/C22H27FN2O3S/c1-2-25(29(27,28)21-10-8-20(23)9-11-21)17-22(26)24-14-12-19(13-15-24)16-18-6-4-3-5-7-18/h3-11,19H,2,12-17H2,1H3. The first-order chi connectivity index (χ1) is 13.9. The number of halogens is 1. The molecule has 1 fully saturated rings. The SMILES string of the molecule is CCN(CC(=O)N1CCC(Cc2ccccc2)CC1)S(=O)(=O)c1ccc(F)cc1. The van der Waals surface area contributed by atoms with E-state index in [-0.39, 0.29) is 23.9 Å². The summed E-state index contributed by atoms with van der Waals surface area (Å²) in [7, 11) is -3.83. The molecule has 0 N–H and O–H groups in total. The number of rotatable bonds is 7. The molecule has 2 aromatic carbocycles. The smallest absolute Gasteiger partial charge is 0.243 e. The van der Waals surface area contributed by atoms with E-state index in [0.29, 0.717) is 19.0 Å². The molecular weight excluding hydrogens is 391 g/mol. The lowest BCUT2D eigenvalue weighted by Gasteiger charge is -2.33. The van der Waals surface area contributed by atoms with E-state index in [1.54, 1.807) is 11.8 Å². The fourth-order valence-electron chi connectivity index (χ4n) is 3.71. The average Bonchev–Trinajstić information content (AvgIpc) is 2.73. The molecule has 0 aliphatic carbocycles. The van der Waals surface area contributed by atoms with Crippen LogP contribution in [0, 0.1) is 11.7 Å². The van der Waals surface area contributed by atoms with Gasteiger partial charge in [0.15, 0.2) is 0 Å². The number of hydrogen-bond donors (Lipinski definition) is 0. The average molecular weight is 419 g/mol. The van der Waals surface area contributed by atoms with Crippen LogP contribution in [0.25, 0.3) is 0 Å². The van der Waals surface area contributed by atoms with Crippen LogP contribution in [0.1, 0.15) is 25.3 Å². The number of carbonyl (C=O) groups excluding carboxylic acids is 1. The maximum Gasteiger partial charge on any atom is 0.243 e. The van der Waals surface area contributed by atoms with Crippen molar-refractivity contribution in [3.63, 3.8) is 0 Å². The third-order valence-corrected chi connectivity index (χ3v) is 7.39. The van der Waals surface area contributed by atoms with Crippen molar-refractivity contribution in [3.8, 4) is 0 Å². The minimum atomic E-state index is -3.83. The Morgan fingerprint density at radius 2 is 1.69 bits per heavy atom. The van der Waals surface area contributed by atoms with E-state index in [9.17, 15) is 17.6 Å². The summed E-state index contributed by atoms with van der Waals surface area (Å²) in [6, 6.07) is 15.0. The minimum absolute atomic E-state index is 0.00452. The summed E-state index contributed by atoms with van der Waals surface area (Å²) in [5.74, 6) is -0.149. The molecule has 0 unspecified atom stereocenters. The monoisotopic (exact) mass is 418 g/mol. The van der Waals surface area contributed by atoms with Crippen molar-refractivity contribution in [1.82, 2.24) is 9.21 Å². The molecule has 0 atom stereocenters. The summed E-state index contributed by atoms with van der Waals surface area (Å²) in [6.07, 6.45) is 2.83. The number of hydrogen-bond acceptors (Lipinski definition) is 3. The van der Waals surface area contributed by atoms with Gasteiger partial charge in [-0.1, -0.05) is 37.3 Å². The van der Waals surface area contributed by atoms with Crippen molar-refractivity contribution < 1.29 is 17.6 Å². The van der Waals surface area contributed by atoms with Gasteiger partial charge in [0.25, 0.3) is 0 Å². The number of sulfonamides is 1. The summed E-state index contributed by atoms with van der Waals surface area (Å²) in [4.78, 5) is 14.5. The van der Waals surface area contributed by atoms with Crippen LogP contribution < -0.4 is 0 Å². The highest BCUT2D eigenvalue weighted by Gasteiger charge is 2.29. The predicted octanol–water partition coefficient (Wildman–Crippen LogP) is 3.32. The first-order valence-corrected chi connectivity index (χ1v) is 11.4. The van der Waals surface area contributed by atoms with Crippen LogP contribution in [0.3, 0.4) is 0 Å². The van der Waals surface area contributed by atoms with E-state index in [2.05, 4.69) is 12.1 Å². The second kappa shape index (κ2) is 9.50. The van der Waals surface area contributed by atoms with Gasteiger partial charge in [-0.15, -0.1) is 0 Å². The molecule has 0 saturated carbocycles. The number of benzene rings is 2. The zero-order valence-electron chi connectivity index (χ0n) is 16.6. The first kappa shape index (κ1) is 21.5. The molecule has 0 bridgehead atoms. The summed E-state index contributed by atoms with van der Waals surface area (Å²) >= 11 is 0.